The molecule has 0 aliphatic heterocycles. The standard InChI is InChI=1S/C31H22.CH3Br/c1-4-12-22(13-5-1)27-21-28-26-19-11-10-18-25(26)20-29(28)31(24-16-8-3-9-17-24)30(27)23-14-6-2-7-15-23;1-2/h1-19,21H,20H2;1H3. The van der Waals surface area contributed by atoms with Crippen LogP contribution in [0.2, 0.25) is 0 Å². The van der Waals surface area contributed by atoms with Crippen LogP contribution in [-0.2, 0) is 6.42 Å². The van der Waals surface area contributed by atoms with Gasteiger partial charge >= 0.3 is 0 Å². The number of rotatable bonds is 3. The Morgan fingerprint density at radius 1 is 0.455 bits per heavy atom. The highest BCUT2D eigenvalue weighted by atomic mass is 79.9. The monoisotopic (exact) mass is 488 g/mol. The van der Waals surface area contributed by atoms with E-state index in [4.69, 9.17) is 0 Å². The highest BCUT2D eigenvalue weighted by Crippen LogP contribution is 2.50. The average molecular weight is 489 g/mol. The lowest BCUT2D eigenvalue weighted by Gasteiger charge is -2.21. The Labute approximate surface area is 204 Å². The molecule has 5 aromatic carbocycles. The highest BCUT2D eigenvalue weighted by Gasteiger charge is 2.27. The van der Waals surface area contributed by atoms with Crippen LogP contribution in [-0.4, -0.2) is 5.83 Å². The molecule has 0 amide bonds. The van der Waals surface area contributed by atoms with Gasteiger partial charge in [0.05, 0.1) is 0 Å². The molecule has 1 aliphatic rings. The molecule has 0 nitrogen and oxygen atoms in total. The summed E-state index contributed by atoms with van der Waals surface area (Å²) >= 11 is 2.94. The first-order valence-corrected chi connectivity index (χ1v) is 12.8. The van der Waals surface area contributed by atoms with Gasteiger partial charge in [0.1, 0.15) is 0 Å². The first-order chi connectivity index (χ1) is 16.4. The lowest BCUT2D eigenvalue weighted by atomic mass is 9.82. The topological polar surface area (TPSA) is 0 Å². The fraction of sp³-hybridized carbons (Fsp3) is 0.0625. The van der Waals surface area contributed by atoms with Crippen LogP contribution in [0.1, 0.15) is 11.1 Å². The molecule has 0 unspecified atom stereocenters. The summed E-state index contributed by atoms with van der Waals surface area (Å²) in [6, 6.07) is 43.8. The lowest BCUT2D eigenvalue weighted by molar-refractivity contribution is 1.26. The van der Waals surface area contributed by atoms with E-state index in [2.05, 4.69) is 137 Å². The summed E-state index contributed by atoms with van der Waals surface area (Å²) in [5.41, 5.74) is 13.4. The third-order valence-corrected chi connectivity index (χ3v) is 6.32. The zero-order valence-corrected chi connectivity index (χ0v) is 20.2. The van der Waals surface area contributed by atoms with Crippen molar-refractivity contribution in [3.8, 4) is 44.5 Å². The molecule has 5 aromatic rings. The molecule has 0 radical (unpaired) electrons. The van der Waals surface area contributed by atoms with E-state index in [9.17, 15) is 0 Å². The normalized spacial score (nSPS) is 11.2. The summed E-state index contributed by atoms with van der Waals surface area (Å²) in [6.45, 7) is 0. The lowest BCUT2D eigenvalue weighted by Crippen LogP contribution is -1.96. The van der Waals surface area contributed by atoms with Gasteiger partial charge in [-0.1, -0.05) is 131 Å². The number of alkyl halides is 1. The van der Waals surface area contributed by atoms with Crippen molar-refractivity contribution >= 4 is 15.9 Å². The van der Waals surface area contributed by atoms with Crippen molar-refractivity contribution < 1.29 is 0 Å². The first-order valence-electron chi connectivity index (χ1n) is 11.2. The van der Waals surface area contributed by atoms with E-state index >= 15 is 0 Å². The summed E-state index contributed by atoms with van der Waals surface area (Å²) < 4.78 is 0. The molecule has 0 spiro atoms. The SMILES string of the molecule is CBr.c1ccc(-c2cc3c(c(-c4ccccc4)c2-c2ccccc2)Cc2ccccc2-3)cc1. The van der Waals surface area contributed by atoms with Crippen LogP contribution in [0.3, 0.4) is 0 Å². The molecular weight excluding hydrogens is 464 g/mol. The molecule has 0 N–H and O–H groups in total. The fourth-order valence-electron chi connectivity index (χ4n) is 4.95. The van der Waals surface area contributed by atoms with Crippen molar-refractivity contribution in [2.75, 3.05) is 5.83 Å². The second-order valence-corrected chi connectivity index (χ2v) is 8.13. The van der Waals surface area contributed by atoms with Crippen molar-refractivity contribution in [1.82, 2.24) is 0 Å². The van der Waals surface area contributed by atoms with Gasteiger partial charge in [-0.25, -0.2) is 0 Å². The van der Waals surface area contributed by atoms with Gasteiger partial charge in [0.15, 0.2) is 0 Å². The average Bonchev–Trinajstić information content (AvgIpc) is 3.28. The Hall–Kier alpha value is -3.42. The van der Waals surface area contributed by atoms with Crippen LogP contribution in [0, 0.1) is 0 Å². The summed E-state index contributed by atoms with van der Waals surface area (Å²) in [7, 11) is 0. The van der Waals surface area contributed by atoms with Crippen LogP contribution in [0.15, 0.2) is 121 Å². The van der Waals surface area contributed by atoms with Crippen molar-refractivity contribution in [2.45, 2.75) is 6.42 Å². The minimum Gasteiger partial charge on any atom is -0.0966 e. The first kappa shape index (κ1) is 21.4. The van der Waals surface area contributed by atoms with E-state index in [-0.39, 0.29) is 0 Å². The molecule has 0 aromatic heterocycles. The van der Waals surface area contributed by atoms with Crippen LogP contribution in [0.4, 0.5) is 0 Å². The van der Waals surface area contributed by atoms with Gasteiger partial charge < -0.3 is 0 Å². The smallest absolute Gasteiger partial charge is 0.000705 e. The molecule has 0 bridgehead atoms. The number of benzene rings is 5. The number of fused-ring (bicyclic) bond motifs is 3. The Morgan fingerprint density at radius 3 is 1.55 bits per heavy atom. The van der Waals surface area contributed by atoms with Crippen molar-refractivity contribution in [2.24, 2.45) is 0 Å². The second kappa shape index (κ2) is 9.60. The predicted octanol–water partition coefficient (Wildman–Crippen LogP) is 9.27. The Balaban J connectivity index is 0.00000111. The van der Waals surface area contributed by atoms with Crippen LogP contribution >= 0.6 is 15.9 Å². The second-order valence-electron chi connectivity index (χ2n) is 8.13. The quantitative estimate of drug-likeness (QED) is 0.217. The molecule has 0 atom stereocenters. The van der Waals surface area contributed by atoms with Crippen LogP contribution in [0.25, 0.3) is 44.5 Å². The molecule has 1 aliphatic carbocycles. The summed E-state index contributed by atoms with van der Waals surface area (Å²) in [6.07, 6.45) is 0.977. The third kappa shape index (κ3) is 3.94. The van der Waals surface area contributed by atoms with E-state index in [1.165, 1.54) is 55.6 Å². The van der Waals surface area contributed by atoms with Crippen molar-refractivity contribution in [1.29, 1.82) is 0 Å². The number of hydrogen-bond donors (Lipinski definition) is 0. The van der Waals surface area contributed by atoms with E-state index in [0.717, 1.165) is 6.42 Å². The zero-order chi connectivity index (χ0) is 22.6. The summed E-state index contributed by atoms with van der Waals surface area (Å²) in [5.74, 6) is 1.81. The molecule has 0 saturated heterocycles. The van der Waals surface area contributed by atoms with Gasteiger partial charge in [0.25, 0.3) is 0 Å². The summed E-state index contributed by atoms with van der Waals surface area (Å²) in [4.78, 5) is 0. The molecule has 33 heavy (non-hydrogen) atoms. The van der Waals surface area contributed by atoms with Crippen molar-refractivity contribution in [3.63, 3.8) is 0 Å². The Bertz CT molecular complexity index is 1370. The zero-order valence-electron chi connectivity index (χ0n) is 18.6. The van der Waals surface area contributed by atoms with E-state index in [1.807, 2.05) is 5.83 Å². The van der Waals surface area contributed by atoms with Crippen molar-refractivity contribution in [3.05, 3.63) is 132 Å². The maximum atomic E-state index is 2.94. The minimum atomic E-state index is 0.977. The van der Waals surface area contributed by atoms with Gasteiger partial charge in [-0.15, -0.1) is 0 Å². The molecular formula is C32H25Br. The number of hydrogen-bond acceptors (Lipinski definition) is 0. The predicted molar refractivity (Wildman–Crippen MR) is 146 cm³/mol. The summed E-state index contributed by atoms with van der Waals surface area (Å²) in [5, 5.41) is 0. The Kier molecular flexibility index (Phi) is 6.24. The van der Waals surface area contributed by atoms with E-state index in [1.54, 1.807) is 0 Å². The van der Waals surface area contributed by atoms with Gasteiger partial charge in [-0.3, -0.25) is 0 Å². The minimum absolute atomic E-state index is 0.977. The molecule has 0 heterocycles. The molecule has 1 heteroatoms. The van der Waals surface area contributed by atoms with Crippen LogP contribution in [0.5, 0.6) is 0 Å². The molecule has 6 rings (SSSR count). The van der Waals surface area contributed by atoms with E-state index < -0.39 is 0 Å². The third-order valence-electron chi connectivity index (χ3n) is 6.32. The molecule has 0 fully saturated rings. The molecule has 160 valence electrons. The highest BCUT2D eigenvalue weighted by molar-refractivity contribution is 9.08. The van der Waals surface area contributed by atoms with Gasteiger partial charge in [0.2, 0.25) is 0 Å². The molecule has 0 saturated carbocycles. The van der Waals surface area contributed by atoms with Gasteiger partial charge in [-0.05, 0) is 74.0 Å². The van der Waals surface area contributed by atoms with Crippen LogP contribution < -0.4 is 0 Å². The van der Waals surface area contributed by atoms with Gasteiger partial charge in [0, 0.05) is 0 Å². The fourth-order valence-corrected chi connectivity index (χ4v) is 4.95. The maximum absolute atomic E-state index is 2.94. The van der Waals surface area contributed by atoms with E-state index in [0.29, 0.717) is 0 Å². The number of halogens is 1. The maximum Gasteiger partial charge on any atom is -0.000705 e. The Morgan fingerprint density at radius 2 is 0.939 bits per heavy atom. The largest absolute Gasteiger partial charge is 0.0966 e. The van der Waals surface area contributed by atoms with Gasteiger partial charge in [-0.2, -0.15) is 0 Å².